The van der Waals surface area contributed by atoms with Gasteiger partial charge in [0, 0.05) is 13.1 Å². The van der Waals surface area contributed by atoms with Crippen LogP contribution in [0.2, 0.25) is 0 Å². The number of fused-ring (bicyclic) bond motifs is 1. The molecule has 2 amide bonds. The van der Waals surface area contributed by atoms with Gasteiger partial charge in [-0.25, -0.2) is 4.79 Å². The summed E-state index contributed by atoms with van der Waals surface area (Å²) in [5.41, 5.74) is 1.90. The number of nitrogens with one attached hydrogen (secondary N) is 1. The van der Waals surface area contributed by atoms with Gasteiger partial charge in [0.05, 0.1) is 26.7 Å². The van der Waals surface area contributed by atoms with Crippen LogP contribution in [0.25, 0.3) is 0 Å². The van der Waals surface area contributed by atoms with E-state index in [2.05, 4.69) is 5.32 Å². The second-order valence-corrected chi connectivity index (χ2v) is 7.95. The second kappa shape index (κ2) is 10.2. The maximum Gasteiger partial charge on any atom is 0.415 e. The Morgan fingerprint density at radius 2 is 1.77 bits per heavy atom. The van der Waals surface area contributed by atoms with Gasteiger partial charge in [0.15, 0.2) is 11.5 Å². The molecule has 0 aliphatic carbocycles. The molecule has 0 saturated carbocycles. The molecule has 1 unspecified atom stereocenters. The average molecular weight is 427 g/mol. The molecule has 0 fully saturated rings. The predicted molar refractivity (Wildman–Crippen MR) is 118 cm³/mol. The summed E-state index contributed by atoms with van der Waals surface area (Å²) in [5.74, 6) is 1.88. The topological polar surface area (TPSA) is 77.1 Å². The molecule has 0 bridgehead atoms. The van der Waals surface area contributed by atoms with E-state index in [1.807, 2.05) is 44.2 Å². The molecule has 1 N–H and O–H groups in total. The summed E-state index contributed by atoms with van der Waals surface area (Å²) < 4.78 is 16.5. The van der Waals surface area contributed by atoms with Crippen molar-refractivity contribution in [2.45, 2.75) is 32.7 Å². The average Bonchev–Trinajstić information content (AvgIpc) is 2.77. The highest BCUT2D eigenvalue weighted by Crippen LogP contribution is 2.39. The van der Waals surface area contributed by atoms with Crippen LogP contribution in [-0.4, -0.2) is 44.2 Å². The highest BCUT2D eigenvalue weighted by atomic mass is 16.6. The molecule has 7 heteroatoms. The number of carbonyl (C=O) groups excluding carboxylic acids is 2. The normalized spacial score (nSPS) is 15.3. The number of benzene rings is 2. The molecule has 1 aliphatic heterocycles. The van der Waals surface area contributed by atoms with E-state index in [1.165, 1.54) is 0 Å². The molecule has 0 saturated heterocycles. The van der Waals surface area contributed by atoms with Gasteiger partial charge >= 0.3 is 6.09 Å². The van der Waals surface area contributed by atoms with Crippen LogP contribution in [-0.2, 0) is 11.2 Å². The minimum atomic E-state index is -0.478. The number of rotatable bonds is 7. The van der Waals surface area contributed by atoms with Crippen molar-refractivity contribution < 1.29 is 23.8 Å². The van der Waals surface area contributed by atoms with Gasteiger partial charge in [-0.15, -0.1) is 0 Å². The lowest BCUT2D eigenvalue weighted by Gasteiger charge is -2.36. The zero-order valence-corrected chi connectivity index (χ0v) is 18.5. The van der Waals surface area contributed by atoms with Crippen LogP contribution in [0.5, 0.6) is 17.2 Å². The maximum atomic E-state index is 13.0. The van der Waals surface area contributed by atoms with Crippen molar-refractivity contribution >= 4 is 12.0 Å². The predicted octanol–water partition coefficient (Wildman–Crippen LogP) is 3.96. The van der Waals surface area contributed by atoms with Crippen LogP contribution in [0.15, 0.2) is 42.5 Å². The zero-order valence-electron chi connectivity index (χ0n) is 18.5. The monoisotopic (exact) mass is 426 g/mol. The highest BCUT2D eigenvalue weighted by molar-refractivity contribution is 5.79. The molecule has 31 heavy (non-hydrogen) atoms. The van der Waals surface area contributed by atoms with Crippen LogP contribution in [0, 0.1) is 5.92 Å². The Bertz CT molecular complexity index is 914. The van der Waals surface area contributed by atoms with Crippen molar-refractivity contribution in [3.63, 3.8) is 0 Å². The summed E-state index contributed by atoms with van der Waals surface area (Å²) in [4.78, 5) is 27.3. The highest BCUT2D eigenvalue weighted by Gasteiger charge is 2.34. The lowest BCUT2D eigenvalue weighted by Crippen LogP contribution is -2.43. The fraction of sp³-hybridized carbons (Fsp3) is 0.417. The van der Waals surface area contributed by atoms with Gasteiger partial charge in [0.25, 0.3) is 0 Å². The Balaban J connectivity index is 1.91. The largest absolute Gasteiger partial charge is 0.493 e. The molecular weight excluding hydrogens is 396 g/mol. The third kappa shape index (κ3) is 5.48. The molecular formula is C24H30N2O5. The fourth-order valence-corrected chi connectivity index (χ4v) is 3.68. The van der Waals surface area contributed by atoms with Crippen molar-refractivity contribution in [2.75, 3.05) is 27.3 Å². The van der Waals surface area contributed by atoms with Crippen LogP contribution in [0.4, 0.5) is 4.79 Å². The summed E-state index contributed by atoms with van der Waals surface area (Å²) >= 11 is 0. The lowest BCUT2D eigenvalue weighted by atomic mass is 9.90. The first kappa shape index (κ1) is 22.5. The molecule has 7 nitrogen and oxygen atoms in total. The quantitative estimate of drug-likeness (QED) is 0.725. The van der Waals surface area contributed by atoms with Crippen LogP contribution in [0.1, 0.15) is 37.4 Å². The summed E-state index contributed by atoms with van der Waals surface area (Å²) in [7, 11) is 3.16. The molecule has 1 heterocycles. The lowest BCUT2D eigenvalue weighted by molar-refractivity contribution is -0.122. The number of para-hydroxylation sites is 1. The number of methoxy groups -OCH3 is 2. The minimum Gasteiger partial charge on any atom is -0.493 e. The molecule has 2 aromatic carbocycles. The van der Waals surface area contributed by atoms with Crippen molar-refractivity contribution in [3.05, 3.63) is 53.6 Å². The van der Waals surface area contributed by atoms with Crippen molar-refractivity contribution in [2.24, 2.45) is 5.92 Å². The van der Waals surface area contributed by atoms with Gasteiger partial charge in [-0.2, -0.15) is 0 Å². The molecule has 166 valence electrons. The molecule has 0 spiro atoms. The molecule has 2 aromatic rings. The smallest absolute Gasteiger partial charge is 0.415 e. The Kier molecular flexibility index (Phi) is 7.39. The van der Waals surface area contributed by atoms with E-state index in [4.69, 9.17) is 14.2 Å². The number of carbonyl (C=O) groups is 2. The second-order valence-electron chi connectivity index (χ2n) is 7.95. The Hall–Kier alpha value is -3.22. The third-order valence-corrected chi connectivity index (χ3v) is 5.27. The minimum absolute atomic E-state index is 0.112. The molecule has 0 radical (unpaired) electrons. The van der Waals surface area contributed by atoms with Crippen molar-refractivity contribution in [1.82, 2.24) is 10.2 Å². The number of amides is 2. The first-order valence-corrected chi connectivity index (χ1v) is 10.5. The molecule has 3 rings (SSSR count). The standard InChI is InChI=1S/C24H30N2O5/c1-16(2)15-25-23(27)14-20-19-13-22(30-4)21(29-3)12-17(19)10-11-26(20)24(28)31-18-8-6-5-7-9-18/h5-9,12-13,16,20H,10-11,14-15H2,1-4H3,(H,25,27). The van der Waals surface area contributed by atoms with E-state index < -0.39 is 12.1 Å². The van der Waals surface area contributed by atoms with E-state index in [1.54, 1.807) is 31.3 Å². The van der Waals surface area contributed by atoms with Crippen molar-refractivity contribution in [1.29, 1.82) is 0 Å². The fourth-order valence-electron chi connectivity index (χ4n) is 3.68. The van der Waals surface area contributed by atoms with Crippen LogP contribution in [0.3, 0.4) is 0 Å². The number of nitrogens with zero attached hydrogens (tertiary/aromatic N) is 1. The van der Waals surface area contributed by atoms with E-state index in [0.29, 0.717) is 42.7 Å². The molecule has 0 aromatic heterocycles. The number of hydrogen-bond acceptors (Lipinski definition) is 5. The first-order valence-electron chi connectivity index (χ1n) is 10.5. The van der Waals surface area contributed by atoms with Gasteiger partial charge in [-0.3, -0.25) is 9.69 Å². The van der Waals surface area contributed by atoms with E-state index in [-0.39, 0.29) is 12.3 Å². The first-order chi connectivity index (χ1) is 14.9. The number of hydrogen-bond donors (Lipinski definition) is 1. The Morgan fingerprint density at radius 1 is 1.10 bits per heavy atom. The molecule has 1 atom stereocenters. The van der Waals surface area contributed by atoms with Crippen molar-refractivity contribution in [3.8, 4) is 17.2 Å². The van der Waals surface area contributed by atoms with Gasteiger partial charge < -0.3 is 19.5 Å². The van der Waals surface area contributed by atoms with Gasteiger partial charge in [-0.1, -0.05) is 32.0 Å². The maximum absolute atomic E-state index is 13.0. The van der Waals surface area contributed by atoms with Crippen LogP contribution >= 0.6 is 0 Å². The van der Waals surface area contributed by atoms with Gasteiger partial charge in [-0.05, 0) is 47.7 Å². The summed E-state index contributed by atoms with van der Waals surface area (Å²) in [6, 6.07) is 12.2. The molecule has 1 aliphatic rings. The van der Waals surface area contributed by atoms with E-state index in [0.717, 1.165) is 11.1 Å². The van der Waals surface area contributed by atoms with Gasteiger partial charge in [0.1, 0.15) is 5.75 Å². The SMILES string of the molecule is COc1cc2c(cc1OC)C(CC(=O)NCC(C)C)N(C(=O)Oc1ccccc1)CC2. The third-order valence-electron chi connectivity index (χ3n) is 5.27. The van der Waals surface area contributed by atoms with Gasteiger partial charge in [0.2, 0.25) is 5.91 Å². The summed E-state index contributed by atoms with van der Waals surface area (Å²) in [6.07, 6.45) is 0.288. The van der Waals surface area contributed by atoms with E-state index in [9.17, 15) is 9.59 Å². The van der Waals surface area contributed by atoms with Crippen LogP contribution < -0.4 is 19.5 Å². The Labute approximate surface area is 183 Å². The zero-order chi connectivity index (χ0) is 22.4. The van der Waals surface area contributed by atoms with E-state index >= 15 is 0 Å². The summed E-state index contributed by atoms with van der Waals surface area (Å²) in [5, 5.41) is 2.95. The number of ether oxygens (including phenoxy) is 3. The summed E-state index contributed by atoms with van der Waals surface area (Å²) in [6.45, 7) is 5.10. The Morgan fingerprint density at radius 3 is 2.42 bits per heavy atom.